The second-order valence-electron chi connectivity index (χ2n) is 4.73. The molecule has 1 aromatic carbocycles. The third-order valence-electron chi connectivity index (χ3n) is 3.37. The van der Waals surface area contributed by atoms with E-state index in [-0.39, 0.29) is 16.2 Å². The molecular formula is C13H19N3O4S. The summed E-state index contributed by atoms with van der Waals surface area (Å²) in [5.41, 5.74) is 5.33. The van der Waals surface area contributed by atoms with Gasteiger partial charge >= 0.3 is 0 Å². The van der Waals surface area contributed by atoms with E-state index in [2.05, 4.69) is 5.32 Å². The van der Waals surface area contributed by atoms with Gasteiger partial charge in [0.25, 0.3) is 5.91 Å². The van der Waals surface area contributed by atoms with Crippen LogP contribution in [-0.2, 0) is 10.0 Å². The Labute approximate surface area is 124 Å². The van der Waals surface area contributed by atoms with Crippen LogP contribution in [-0.4, -0.2) is 51.9 Å². The number of ether oxygens (including phenoxy) is 1. The predicted octanol–water partition coefficient (Wildman–Crippen LogP) is -0.222. The normalized spacial score (nSPS) is 17.2. The van der Waals surface area contributed by atoms with Crippen molar-refractivity contribution in [3.8, 4) is 5.75 Å². The smallest absolute Gasteiger partial charge is 0.252 e. The summed E-state index contributed by atoms with van der Waals surface area (Å²) in [6.45, 7) is 2.26. The Morgan fingerprint density at radius 2 is 2.10 bits per heavy atom. The molecule has 1 fully saturated rings. The van der Waals surface area contributed by atoms with Crippen molar-refractivity contribution >= 4 is 15.9 Å². The minimum Gasteiger partial charge on any atom is -0.496 e. The molecule has 1 amide bonds. The van der Waals surface area contributed by atoms with Gasteiger partial charge in [-0.3, -0.25) is 4.79 Å². The Morgan fingerprint density at radius 1 is 1.33 bits per heavy atom. The van der Waals surface area contributed by atoms with E-state index >= 15 is 0 Å². The average molecular weight is 313 g/mol. The summed E-state index contributed by atoms with van der Waals surface area (Å²) in [5, 5.41) is 3.15. The maximum absolute atomic E-state index is 12.6. The molecule has 1 aromatic rings. The lowest BCUT2D eigenvalue weighted by molar-refractivity contribution is 0.0997. The topological polar surface area (TPSA) is 102 Å². The molecule has 0 aromatic heterocycles. The van der Waals surface area contributed by atoms with Crippen LogP contribution < -0.4 is 15.8 Å². The van der Waals surface area contributed by atoms with Gasteiger partial charge in [0.15, 0.2) is 0 Å². The monoisotopic (exact) mass is 313 g/mol. The highest BCUT2D eigenvalue weighted by Crippen LogP contribution is 2.24. The van der Waals surface area contributed by atoms with Gasteiger partial charge in [-0.05, 0) is 31.2 Å². The number of primary amides is 1. The number of methoxy groups -OCH3 is 1. The summed E-state index contributed by atoms with van der Waals surface area (Å²) in [4.78, 5) is 11.5. The Morgan fingerprint density at radius 3 is 2.76 bits per heavy atom. The molecular weight excluding hydrogens is 294 g/mol. The van der Waals surface area contributed by atoms with E-state index in [0.717, 1.165) is 13.0 Å². The van der Waals surface area contributed by atoms with Crippen molar-refractivity contribution in [2.24, 2.45) is 5.73 Å². The Kier molecular flexibility index (Phi) is 4.81. The van der Waals surface area contributed by atoms with E-state index in [1.165, 1.54) is 29.6 Å². The molecule has 2 rings (SSSR count). The molecule has 0 atom stereocenters. The van der Waals surface area contributed by atoms with Crippen molar-refractivity contribution in [3.05, 3.63) is 23.8 Å². The summed E-state index contributed by atoms with van der Waals surface area (Å²) < 4.78 is 31.7. The number of carbonyl (C=O) groups is 1. The first-order valence-corrected chi connectivity index (χ1v) is 8.09. The van der Waals surface area contributed by atoms with Gasteiger partial charge in [0, 0.05) is 19.6 Å². The third-order valence-corrected chi connectivity index (χ3v) is 5.27. The second-order valence-corrected chi connectivity index (χ2v) is 6.67. The Balaban J connectivity index is 2.39. The molecule has 1 heterocycles. The van der Waals surface area contributed by atoms with Gasteiger partial charge in [0.2, 0.25) is 10.0 Å². The zero-order valence-electron chi connectivity index (χ0n) is 11.8. The molecule has 116 valence electrons. The van der Waals surface area contributed by atoms with Gasteiger partial charge in [-0.1, -0.05) is 0 Å². The maximum atomic E-state index is 12.6. The van der Waals surface area contributed by atoms with Crippen molar-refractivity contribution in [3.63, 3.8) is 0 Å². The first-order valence-electron chi connectivity index (χ1n) is 6.65. The molecule has 7 nitrogen and oxygen atoms in total. The number of hydrogen-bond donors (Lipinski definition) is 2. The fourth-order valence-electron chi connectivity index (χ4n) is 2.25. The van der Waals surface area contributed by atoms with Crippen LogP contribution in [0.15, 0.2) is 23.1 Å². The molecule has 21 heavy (non-hydrogen) atoms. The molecule has 8 heteroatoms. The lowest BCUT2D eigenvalue weighted by Crippen LogP contribution is -2.34. The number of nitrogens with one attached hydrogen (secondary N) is 1. The lowest BCUT2D eigenvalue weighted by Gasteiger charge is -2.20. The van der Waals surface area contributed by atoms with Gasteiger partial charge < -0.3 is 15.8 Å². The average Bonchev–Trinajstić information content (AvgIpc) is 2.76. The highest BCUT2D eigenvalue weighted by molar-refractivity contribution is 7.89. The van der Waals surface area contributed by atoms with Gasteiger partial charge in [0.1, 0.15) is 5.75 Å². The van der Waals surface area contributed by atoms with Crippen molar-refractivity contribution < 1.29 is 17.9 Å². The molecule has 0 aliphatic carbocycles. The summed E-state index contributed by atoms with van der Waals surface area (Å²) >= 11 is 0. The highest BCUT2D eigenvalue weighted by Gasteiger charge is 2.26. The predicted molar refractivity (Wildman–Crippen MR) is 77.8 cm³/mol. The number of nitrogens with zero attached hydrogens (tertiary/aromatic N) is 1. The molecule has 1 aliphatic rings. The van der Waals surface area contributed by atoms with Crippen LogP contribution in [0.3, 0.4) is 0 Å². The summed E-state index contributed by atoms with van der Waals surface area (Å²) in [5.74, 6) is -0.458. The zero-order chi connectivity index (χ0) is 15.5. The van der Waals surface area contributed by atoms with Crippen LogP contribution in [0, 0.1) is 0 Å². The molecule has 3 N–H and O–H groups in total. The molecule has 1 saturated heterocycles. The van der Waals surface area contributed by atoms with Gasteiger partial charge in [-0.2, -0.15) is 4.31 Å². The standard InChI is InChI=1S/C13H19N3O4S/c1-20-12-4-3-10(9-11(12)13(14)17)21(18,19)16-7-2-5-15-6-8-16/h3-4,9,15H,2,5-8H2,1H3,(H2,14,17). The van der Waals surface area contributed by atoms with Crippen LogP contribution in [0.1, 0.15) is 16.8 Å². The molecule has 0 unspecified atom stereocenters. The zero-order valence-corrected chi connectivity index (χ0v) is 12.6. The molecule has 0 bridgehead atoms. The van der Waals surface area contributed by atoms with Gasteiger partial charge in [-0.15, -0.1) is 0 Å². The highest BCUT2D eigenvalue weighted by atomic mass is 32.2. The minimum atomic E-state index is -3.64. The fraction of sp³-hybridized carbons (Fsp3) is 0.462. The number of rotatable bonds is 4. The summed E-state index contributed by atoms with van der Waals surface area (Å²) in [6, 6.07) is 4.15. The van der Waals surface area contributed by atoms with Crippen molar-refractivity contribution in [2.75, 3.05) is 33.3 Å². The number of sulfonamides is 1. The van der Waals surface area contributed by atoms with Crippen LogP contribution in [0.4, 0.5) is 0 Å². The fourth-order valence-corrected chi connectivity index (χ4v) is 3.76. The van der Waals surface area contributed by atoms with Crippen LogP contribution in [0.25, 0.3) is 0 Å². The quantitative estimate of drug-likeness (QED) is 0.800. The van der Waals surface area contributed by atoms with Crippen molar-refractivity contribution in [1.29, 1.82) is 0 Å². The van der Waals surface area contributed by atoms with E-state index in [1.807, 2.05) is 0 Å². The van der Waals surface area contributed by atoms with Crippen molar-refractivity contribution in [2.45, 2.75) is 11.3 Å². The van der Waals surface area contributed by atoms with Crippen LogP contribution >= 0.6 is 0 Å². The van der Waals surface area contributed by atoms with Crippen molar-refractivity contribution in [1.82, 2.24) is 9.62 Å². The van der Waals surface area contributed by atoms with E-state index in [0.29, 0.717) is 19.6 Å². The number of hydrogen-bond acceptors (Lipinski definition) is 5. The first kappa shape index (κ1) is 15.7. The third kappa shape index (κ3) is 3.34. The Bertz CT molecular complexity index is 622. The largest absolute Gasteiger partial charge is 0.496 e. The molecule has 1 aliphatic heterocycles. The maximum Gasteiger partial charge on any atom is 0.252 e. The molecule has 0 saturated carbocycles. The number of amides is 1. The van der Waals surface area contributed by atoms with Gasteiger partial charge in [0.05, 0.1) is 17.6 Å². The second kappa shape index (κ2) is 6.42. The molecule has 0 spiro atoms. The summed E-state index contributed by atoms with van der Waals surface area (Å²) in [7, 11) is -2.24. The Hall–Kier alpha value is -1.64. The summed E-state index contributed by atoms with van der Waals surface area (Å²) in [6.07, 6.45) is 0.748. The van der Waals surface area contributed by atoms with Crippen LogP contribution in [0.2, 0.25) is 0 Å². The minimum absolute atomic E-state index is 0.0546. The SMILES string of the molecule is COc1ccc(S(=O)(=O)N2CCCNCC2)cc1C(N)=O. The number of benzene rings is 1. The van der Waals surface area contributed by atoms with E-state index in [4.69, 9.17) is 10.5 Å². The van der Waals surface area contributed by atoms with Gasteiger partial charge in [-0.25, -0.2) is 8.42 Å². The van der Waals surface area contributed by atoms with E-state index in [9.17, 15) is 13.2 Å². The first-order chi connectivity index (χ1) is 9.96. The van der Waals surface area contributed by atoms with E-state index < -0.39 is 15.9 Å². The number of nitrogens with two attached hydrogens (primary N) is 1. The van der Waals surface area contributed by atoms with Crippen LogP contribution in [0.5, 0.6) is 5.75 Å². The lowest BCUT2D eigenvalue weighted by atomic mass is 10.2. The van der Waals surface area contributed by atoms with E-state index in [1.54, 1.807) is 0 Å². The molecule has 0 radical (unpaired) electrons. The number of carbonyl (C=O) groups excluding carboxylic acids is 1.